The Morgan fingerprint density at radius 3 is 2.47 bits per heavy atom. The van der Waals surface area contributed by atoms with Gasteiger partial charge < -0.3 is 10.1 Å². The molecule has 3 unspecified atom stereocenters. The maximum atomic E-state index is 13.5. The largest absolute Gasteiger partial charge is 0.497 e. The predicted molar refractivity (Wildman–Crippen MR) is 125 cm³/mol. The number of likely N-dealkylation sites (tertiary alicyclic amines) is 1. The van der Waals surface area contributed by atoms with Gasteiger partial charge in [0, 0.05) is 6.04 Å². The summed E-state index contributed by atoms with van der Waals surface area (Å²) in [5.41, 5.74) is 1.62. The standard InChI is InChI=1S/C26H31N3O5/c1-4-19(5-2)27-21(30)16-29-23(18-12-9-13-20(14-18)33-3)22-24(34-29)26(32)28(25(22)31)15-17-10-7-6-8-11-17/h6-14,19,22-24H,4-5,15-16H2,1-3H3,(H,27,30). The predicted octanol–water partition coefficient (Wildman–Crippen LogP) is 2.84. The molecule has 0 aromatic heterocycles. The third-order valence-electron chi connectivity index (χ3n) is 6.56. The number of imide groups is 1. The first kappa shape index (κ1) is 23.9. The van der Waals surface area contributed by atoms with E-state index in [1.54, 1.807) is 7.11 Å². The van der Waals surface area contributed by atoms with E-state index in [0.29, 0.717) is 5.75 Å². The van der Waals surface area contributed by atoms with E-state index in [0.717, 1.165) is 24.0 Å². The van der Waals surface area contributed by atoms with Crippen LogP contribution < -0.4 is 10.1 Å². The molecule has 2 aliphatic heterocycles. The van der Waals surface area contributed by atoms with E-state index in [-0.39, 0.29) is 36.9 Å². The lowest BCUT2D eigenvalue weighted by Gasteiger charge is -2.27. The van der Waals surface area contributed by atoms with Crippen LogP contribution in [0, 0.1) is 5.92 Å². The van der Waals surface area contributed by atoms with Crippen molar-refractivity contribution in [3.05, 3.63) is 65.7 Å². The van der Waals surface area contributed by atoms with Crippen LogP contribution in [0.4, 0.5) is 0 Å². The Morgan fingerprint density at radius 2 is 1.79 bits per heavy atom. The number of rotatable bonds is 9. The molecule has 2 aromatic carbocycles. The summed E-state index contributed by atoms with van der Waals surface area (Å²) in [5.74, 6) is -1.00. The van der Waals surface area contributed by atoms with Crippen molar-refractivity contribution in [2.24, 2.45) is 5.92 Å². The quantitative estimate of drug-likeness (QED) is 0.573. The molecule has 0 radical (unpaired) electrons. The SMILES string of the molecule is CCC(CC)NC(=O)CN1OC2C(=O)N(Cc3ccccc3)C(=O)C2C1c1cccc(OC)c1. The van der Waals surface area contributed by atoms with Gasteiger partial charge in [0.25, 0.3) is 5.91 Å². The van der Waals surface area contributed by atoms with Crippen molar-refractivity contribution >= 4 is 17.7 Å². The average molecular weight is 466 g/mol. The van der Waals surface area contributed by atoms with Crippen LogP contribution >= 0.6 is 0 Å². The highest BCUT2D eigenvalue weighted by atomic mass is 16.7. The smallest absolute Gasteiger partial charge is 0.261 e. The molecule has 2 heterocycles. The molecule has 34 heavy (non-hydrogen) atoms. The van der Waals surface area contributed by atoms with Crippen LogP contribution in [0.3, 0.4) is 0 Å². The molecule has 0 spiro atoms. The third kappa shape index (κ3) is 4.69. The van der Waals surface area contributed by atoms with Gasteiger partial charge in [-0.15, -0.1) is 0 Å². The number of hydrogen-bond acceptors (Lipinski definition) is 6. The van der Waals surface area contributed by atoms with E-state index in [1.807, 2.05) is 68.4 Å². The Kier molecular flexibility index (Phi) is 7.29. The molecule has 3 amide bonds. The number of carbonyl (C=O) groups is 3. The Hall–Kier alpha value is -3.23. The summed E-state index contributed by atoms with van der Waals surface area (Å²) >= 11 is 0. The van der Waals surface area contributed by atoms with E-state index >= 15 is 0 Å². The van der Waals surface area contributed by atoms with Crippen LogP contribution in [0.15, 0.2) is 54.6 Å². The van der Waals surface area contributed by atoms with Gasteiger partial charge in [-0.05, 0) is 36.1 Å². The summed E-state index contributed by atoms with van der Waals surface area (Å²) in [4.78, 5) is 46.8. The van der Waals surface area contributed by atoms with E-state index in [9.17, 15) is 14.4 Å². The number of nitrogens with zero attached hydrogens (tertiary/aromatic N) is 2. The third-order valence-corrected chi connectivity index (χ3v) is 6.56. The molecule has 2 saturated heterocycles. The van der Waals surface area contributed by atoms with Crippen LogP contribution in [0.25, 0.3) is 0 Å². The van der Waals surface area contributed by atoms with Crippen LogP contribution in [0.5, 0.6) is 5.75 Å². The Bertz CT molecular complexity index is 1040. The number of ether oxygens (including phenoxy) is 1. The maximum Gasteiger partial charge on any atom is 0.261 e. The van der Waals surface area contributed by atoms with Crippen molar-refractivity contribution in [3.63, 3.8) is 0 Å². The highest BCUT2D eigenvalue weighted by Gasteiger charge is 2.59. The summed E-state index contributed by atoms with van der Waals surface area (Å²) < 4.78 is 5.37. The van der Waals surface area contributed by atoms with Crippen LogP contribution in [0.1, 0.15) is 43.9 Å². The molecular formula is C26H31N3O5. The number of fused-ring (bicyclic) bond motifs is 1. The van der Waals surface area contributed by atoms with E-state index in [1.165, 1.54) is 9.96 Å². The minimum absolute atomic E-state index is 0.0644. The van der Waals surface area contributed by atoms with Crippen LogP contribution in [0.2, 0.25) is 0 Å². The second-order valence-electron chi connectivity index (χ2n) is 8.68. The Morgan fingerprint density at radius 1 is 1.06 bits per heavy atom. The van der Waals surface area contributed by atoms with Crippen LogP contribution in [-0.4, -0.2) is 53.5 Å². The molecule has 0 aliphatic carbocycles. The lowest BCUT2D eigenvalue weighted by Crippen LogP contribution is -2.43. The van der Waals surface area contributed by atoms with Gasteiger partial charge in [0.05, 0.1) is 25.6 Å². The normalized spacial score (nSPS) is 22.4. The number of hydroxylamine groups is 2. The second-order valence-corrected chi connectivity index (χ2v) is 8.68. The minimum Gasteiger partial charge on any atom is -0.497 e. The monoisotopic (exact) mass is 465 g/mol. The van der Waals surface area contributed by atoms with Gasteiger partial charge in [0.2, 0.25) is 11.8 Å². The van der Waals surface area contributed by atoms with Crippen molar-refractivity contribution in [3.8, 4) is 5.75 Å². The van der Waals surface area contributed by atoms with Gasteiger partial charge in [-0.2, -0.15) is 5.06 Å². The fraction of sp³-hybridized carbons (Fsp3) is 0.423. The molecular weight excluding hydrogens is 434 g/mol. The molecule has 0 saturated carbocycles. The van der Waals surface area contributed by atoms with Crippen molar-refractivity contribution < 1.29 is 24.0 Å². The lowest BCUT2D eigenvalue weighted by atomic mass is 9.90. The first-order valence-electron chi connectivity index (χ1n) is 11.7. The molecule has 180 valence electrons. The van der Waals surface area contributed by atoms with Gasteiger partial charge in [-0.1, -0.05) is 56.3 Å². The number of nitrogens with one attached hydrogen (secondary N) is 1. The van der Waals surface area contributed by atoms with E-state index < -0.39 is 18.1 Å². The summed E-state index contributed by atoms with van der Waals surface area (Å²) in [6, 6.07) is 16.2. The van der Waals surface area contributed by atoms with Crippen molar-refractivity contribution in [1.29, 1.82) is 0 Å². The van der Waals surface area contributed by atoms with Gasteiger partial charge >= 0.3 is 0 Å². The molecule has 1 N–H and O–H groups in total. The fourth-order valence-electron chi connectivity index (χ4n) is 4.69. The number of hydrogen-bond donors (Lipinski definition) is 1. The molecule has 0 bridgehead atoms. The van der Waals surface area contributed by atoms with Crippen molar-refractivity contribution in [2.75, 3.05) is 13.7 Å². The molecule has 2 aliphatic rings. The zero-order chi connectivity index (χ0) is 24.2. The van der Waals surface area contributed by atoms with Crippen LogP contribution in [-0.2, 0) is 25.8 Å². The fourth-order valence-corrected chi connectivity index (χ4v) is 4.69. The van der Waals surface area contributed by atoms with Crippen molar-refractivity contribution in [2.45, 2.75) is 51.4 Å². The van der Waals surface area contributed by atoms with Crippen molar-refractivity contribution in [1.82, 2.24) is 15.3 Å². The molecule has 2 aromatic rings. The summed E-state index contributed by atoms with van der Waals surface area (Å²) in [6.07, 6.45) is 0.673. The Balaban J connectivity index is 1.62. The first-order valence-corrected chi connectivity index (χ1v) is 11.7. The summed E-state index contributed by atoms with van der Waals surface area (Å²) in [5, 5.41) is 4.49. The minimum atomic E-state index is -0.964. The van der Waals surface area contributed by atoms with E-state index in [4.69, 9.17) is 9.57 Å². The maximum absolute atomic E-state index is 13.5. The van der Waals surface area contributed by atoms with Gasteiger partial charge in [-0.3, -0.25) is 24.1 Å². The lowest BCUT2D eigenvalue weighted by molar-refractivity contribution is -0.183. The average Bonchev–Trinajstić information content (AvgIpc) is 3.33. The summed E-state index contributed by atoms with van der Waals surface area (Å²) in [7, 11) is 1.57. The van der Waals surface area contributed by atoms with Gasteiger partial charge in [0.15, 0.2) is 6.10 Å². The number of methoxy groups -OCH3 is 1. The molecule has 3 atom stereocenters. The highest BCUT2D eigenvalue weighted by Crippen LogP contribution is 2.45. The zero-order valence-corrected chi connectivity index (χ0v) is 19.8. The molecule has 8 nitrogen and oxygen atoms in total. The van der Waals surface area contributed by atoms with Gasteiger partial charge in [0.1, 0.15) is 12.3 Å². The second kappa shape index (κ2) is 10.4. The zero-order valence-electron chi connectivity index (χ0n) is 19.8. The summed E-state index contributed by atoms with van der Waals surface area (Å²) in [6.45, 7) is 4.14. The molecule has 2 fully saturated rings. The Labute approximate surface area is 199 Å². The molecule has 4 rings (SSSR count). The number of amides is 3. The molecule has 8 heteroatoms. The van der Waals surface area contributed by atoms with E-state index in [2.05, 4.69) is 5.32 Å². The number of benzene rings is 2. The topological polar surface area (TPSA) is 88.2 Å². The van der Waals surface area contributed by atoms with Gasteiger partial charge in [-0.25, -0.2) is 0 Å². The number of carbonyl (C=O) groups excluding carboxylic acids is 3. The highest BCUT2D eigenvalue weighted by molar-refractivity contribution is 6.07. The first-order chi connectivity index (χ1) is 16.5.